The van der Waals surface area contributed by atoms with Crippen LogP contribution in [0.1, 0.15) is 37.7 Å². The fourth-order valence-corrected chi connectivity index (χ4v) is 3.52. The third-order valence-corrected chi connectivity index (χ3v) is 4.84. The lowest BCUT2D eigenvalue weighted by Gasteiger charge is -2.17. The molecule has 8 heteroatoms. The quantitative estimate of drug-likeness (QED) is 0.882. The van der Waals surface area contributed by atoms with E-state index in [0.29, 0.717) is 24.4 Å². The Labute approximate surface area is 129 Å². The lowest BCUT2D eigenvalue weighted by molar-refractivity contribution is 0.498. The van der Waals surface area contributed by atoms with E-state index in [1.54, 1.807) is 17.7 Å². The minimum Gasteiger partial charge on any atom is -0.249 e. The Morgan fingerprint density at radius 1 is 1.36 bits per heavy atom. The largest absolute Gasteiger partial charge is 0.249 e. The van der Waals surface area contributed by atoms with Gasteiger partial charge in [-0.15, -0.1) is 0 Å². The number of hydrogen-bond donors (Lipinski definition) is 1. The predicted molar refractivity (Wildman–Crippen MR) is 80.2 cm³/mol. The van der Waals surface area contributed by atoms with Gasteiger partial charge in [-0.3, -0.25) is 0 Å². The normalized spacial score (nSPS) is 13.3. The lowest BCUT2D eigenvalue weighted by atomic mass is 10.2. The highest BCUT2D eigenvalue weighted by Gasteiger charge is 2.25. The molecule has 0 saturated heterocycles. The molecule has 1 heterocycles. The molecule has 0 aliphatic rings. The number of aromatic nitrogens is 3. The predicted octanol–water partition coefficient (Wildman–Crippen LogP) is 2.18. The monoisotopic (exact) mass is 326 g/mol. The zero-order valence-electron chi connectivity index (χ0n) is 12.7. The molecule has 1 aromatic heterocycles. The summed E-state index contributed by atoms with van der Waals surface area (Å²) in [6, 6.07) is 3.47. The molecule has 120 valence electrons. The van der Waals surface area contributed by atoms with E-state index in [4.69, 9.17) is 0 Å². The van der Waals surface area contributed by atoms with Gasteiger partial charge in [0.15, 0.2) is 0 Å². The molecule has 1 atom stereocenters. The SMILES string of the molecule is CCC(NS(=O)(=O)c1ccc(C)cc1F)c1ncnn1CC. The van der Waals surface area contributed by atoms with Crippen molar-refractivity contribution in [3.8, 4) is 0 Å². The van der Waals surface area contributed by atoms with E-state index >= 15 is 0 Å². The van der Waals surface area contributed by atoms with E-state index in [2.05, 4.69) is 14.8 Å². The molecule has 0 aliphatic carbocycles. The van der Waals surface area contributed by atoms with Crippen molar-refractivity contribution in [1.82, 2.24) is 19.5 Å². The van der Waals surface area contributed by atoms with E-state index in [1.807, 2.05) is 13.8 Å². The first-order valence-corrected chi connectivity index (χ1v) is 8.53. The van der Waals surface area contributed by atoms with E-state index in [9.17, 15) is 12.8 Å². The van der Waals surface area contributed by atoms with Gasteiger partial charge in [0.1, 0.15) is 22.9 Å². The second-order valence-corrected chi connectivity index (χ2v) is 6.63. The van der Waals surface area contributed by atoms with Gasteiger partial charge in [-0.05, 0) is 38.0 Å². The number of sulfonamides is 1. The first-order chi connectivity index (χ1) is 10.4. The van der Waals surface area contributed by atoms with E-state index in [1.165, 1.54) is 18.5 Å². The number of nitrogens with one attached hydrogen (secondary N) is 1. The van der Waals surface area contributed by atoms with Gasteiger partial charge in [0.25, 0.3) is 0 Å². The van der Waals surface area contributed by atoms with Crippen molar-refractivity contribution in [3.63, 3.8) is 0 Å². The standard InChI is InChI=1S/C14H19FN4O2S/c1-4-12(14-16-9-17-19(14)5-2)18-22(20,21)13-7-6-10(3)8-11(13)15/h6-9,12,18H,4-5H2,1-3H3. The molecule has 0 fully saturated rings. The summed E-state index contributed by atoms with van der Waals surface area (Å²) in [5.41, 5.74) is 0.661. The van der Waals surface area contributed by atoms with Gasteiger partial charge in [-0.2, -0.15) is 5.10 Å². The Morgan fingerprint density at radius 3 is 2.68 bits per heavy atom. The van der Waals surface area contributed by atoms with Crippen LogP contribution in [0.15, 0.2) is 29.4 Å². The number of aryl methyl sites for hydroxylation is 2. The molecule has 0 bridgehead atoms. The highest BCUT2D eigenvalue weighted by atomic mass is 32.2. The molecule has 6 nitrogen and oxygen atoms in total. The average Bonchev–Trinajstić information content (AvgIpc) is 2.92. The molecule has 0 saturated carbocycles. The summed E-state index contributed by atoms with van der Waals surface area (Å²) in [4.78, 5) is 3.74. The van der Waals surface area contributed by atoms with Gasteiger partial charge in [0.2, 0.25) is 10.0 Å². The highest BCUT2D eigenvalue weighted by molar-refractivity contribution is 7.89. The third kappa shape index (κ3) is 3.33. The van der Waals surface area contributed by atoms with Crippen LogP contribution in [0.25, 0.3) is 0 Å². The zero-order valence-corrected chi connectivity index (χ0v) is 13.6. The van der Waals surface area contributed by atoms with Gasteiger partial charge < -0.3 is 0 Å². The molecule has 22 heavy (non-hydrogen) atoms. The van der Waals surface area contributed by atoms with Crippen molar-refractivity contribution in [2.45, 2.75) is 44.7 Å². The van der Waals surface area contributed by atoms with Crippen LogP contribution in [-0.4, -0.2) is 23.2 Å². The average molecular weight is 326 g/mol. The topological polar surface area (TPSA) is 76.9 Å². The first kappa shape index (κ1) is 16.6. The smallest absolute Gasteiger partial charge is 0.244 e. The van der Waals surface area contributed by atoms with Crippen molar-refractivity contribution >= 4 is 10.0 Å². The van der Waals surface area contributed by atoms with Crippen LogP contribution in [-0.2, 0) is 16.6 Å². The lowest BCUT2D eigenvalue weighted by Crippen LogP contribution is -2.31. The Bertz CT molecular complexity index is 758. The Kier molecular flexibility index (Phi) is 4.92. The number of rotatable bonds is 6. The second kappa shape index (κ2) is 6.53. The van der Waals surface area contributed by atoms with Crippen molar-refractivity contribution in [1.29, 1.82) is 0 Å². The van der Waals surface area contributed by atoms with E-state index in [-0.39, 0.29) is 4.90 Å². The summed E-state index contributed by atoms with van der Waals surface area (Å²) < 4.78 is 42.9. The number of halogens is 1. The van der Waals surface area contributed by atoms with E-state index < -0.39 is 21.9 Å². The molecule has 1 aromatic carbocycles. The van der Waals surface area contributed by atoms with Crippen LogP contribution in [0.5, 0.6) is 0 Å². The minimum atomic E-state index is -3.98. The van der Waals surface area contributed by atoms with Crippen LogP contribution < -0.4 is 4.72 Å². The molecule has 0 aliphatic heterocycles. The Morgan fingerprint density at radius 2 is 2.09 bits per heavy atom. The first-order valence-electron chi connectivity index (χ1n) is 7.05. The van der Waals surface area contributed by atoms with Gasteiger partial charge in [-0.1, -0.05) is 13.0 Å². The summed E-state index contributed by atoms with van der Waals surface area (Å²) in [6.45, 7) is 5.99. The molecule has 2 rings (SSSR count). The molecular weight excluding hydrogens is 307 g/mol. The summed E-state index contributed by atoms with van der Waals surface area (Å²) in [5, 5.41) is 4.03. The fraction of sp³-hybridized carbons (Fsp3) is 0.429. The van der Waals surface area contributed by atoms with Gasteiger partial charge in [0, 0.05) is 6.54 Å². The Hall–Kier alpha value is -1.80. The maximum atomic E-state index is 13.9. The van der Waals surface area contributed by atoms with Crippen molar-refractivity contribution < 1.29 is 12.8 Å². The highest BCUT2D eigenvalue weighted by Crippen LogP contribution is 2.21. The summed E-state index contributed by atoms with van der Waals surface area (Å²) >= 11 is 0. The van der Waals surface area contributed by atoms with Crippen LogP contribution >= 0.6 is 0 Å². The van der Waals surface area contributed by atoms with Crippen LogP contribution in [0.4, 0.5) is 4.39 Å². The summed E-state index contributed by atoms with van der Waals surface area (Å²) in [7, 11) is -3.98. The van der Waals surface area contributed by atoms with Crippen molar-refractivity contribution in [2.24, 2.45) is 0 Å². The maximum absolute atomic E-state index is 13.9. The molecule has 2 aromatic rings. The molecule has 0 amide bonds. The third-order valence-electron chi connectivity index (χ3n) is 3.34. The maximum Gasteiger partial charge on any atom is 0.244 e. The van der Waals surface area contributed by atoms with Crippen molar-refractivity contribution in [2.75, 3.05) is 0 Å². The van der Waals surface area contributed by atoms with Crippen LogP contribution in [0, 0.1) is 12.7 Å². The molecule has 0 radical (unpaired) electrons. The second-order valence-electron chi connectivity index (χ2n) is 4.95. The number of hydrogen-bond acceptors (Lipinski definition) is 4. The number of benzene rings is 1. The van der Waals surface area contributed by atoms with Crippen LogP contribution in [0.2, 0.25) is 0 Å². The van der Waals surface area contributed by atoms with E-state index in [0.717, 1.165) is 0 Å². The molecule has 0 spiro atoms. The Balaban J connectivity index is 2.34. The fourth-order valence-electron chi connectivity index (χ4n) is 2.18. The minimum absolute atomic E-state index is 0.362. The summed E-state index contributed by atoms with van der Waals surface area (Å²) in [6.07, 6.45) is 1.85. The molecular formula is C14H19FN4O2S. The van der Waals surface area contributed by atoms with Gasteiger partial charge in [-0.25, -0.2) is 27.2 Å². The molecule has 1 N–H and O–H groups in total. The summed E-state index contributed by atoms with van der Waals surface area (Å²) in [5.74, 6) is -0.250. The van der Waals surface area contributed by atoms with Gasteiger partial charge in [0.05, 0.1) is 6.04 Å². The van der Waals surface area contributed by atoms with Crippen LogP contribution in [0.3, 0.4) is 0 Å². The van der Waals surface area contributed by atoms with Crippen molar-refractivity contribution in [3.05, 3.63) is 41.7 Å². The van der Waals surface area contributed by atoms with Gasteiger partial charge >= 0.3 is 0 Å². The molecule has 1 unspecified atom stereocenters. The number of nitrogens with zero attached hydrogens (tertiary/aromatic N) is 3. The zero-order chi connectivity index (χ0) is 16.3.